The van der Waals surface area contributed by atoms with Crippen LogP contribution in [0, 0.1) is 0 Å². The average molecular weight is 605 g/mol. The van der Waals surface area contributed by atoms with Crippen molar-refractivity contribution >= 4 is 35.5 Å². The maximum atomic E-state index is 12.3. The van der Waals surface area contributed by atoms with Gasteiger partial charge in [-0.2, -0.15) is 0 Å². The number of halogens is 1. The Balaban J connectivity index is 1.83. The Morgan fingerprint density at radius 2 is 1.45 bits per heavy atom. The number of hydrogen-bond donors (Lipinski definition) is 0. The minimum Gasteiger partial charge on any atom is -0.494 e. The van der Waals surface area contributed by atoms with Crippen molar-refractivity contribution in [3.63, 3.8) is 0 Å². The largest absolute Gasteiger partial charge is 0.494 e. The van der Waals surface area contributed by atoms with Gasteiger partial charge in [0.15, 0.2) is 12.2 Å². The van der Waals surface area contributed by atoms with Gasteiger partial charge < -0.3 is 33.2 Å². The molecule has 0 saturated carbocycles. The van der Waals surface area contributed by atoms with Gasteiger partial charge in [-0.15, -0.1) is 0 Å². The van der Waals surface area contributed by atoms with E-state index in [9.17, 15) is 19.2 Å². The molecule has 2 aromatic rings. The fourth-order valence-electron chi connectivity index (χ4n) is 5.17. The van der Waals surface area contributed by atoms with Crippen molar-refractivity contribution in [3.8, 4) is 11.5 Å². The second-order valence-corrected chi connectivity index (χ2v) is 10.2. The number of carbonyl (C=O) groups excluding carboxylic acids is 4. The molecule has 2 aromatic carbocycles. The maximum absolute atomic E-state index is 12.3. The molecule has 2 heterocycles. The number of hydrogen-bond acceptors (Lipinski definition) is 11. The number of rotatable bonds is 9. The monoisotopic (exact) mass is 604 g/mol. The fraction of sp³-hybridized carbons (Fsp3) is 0.467. The van der Waals surface area contributed by atoms with E-state index in [2.05, 4.69) is 0 Å². The van der Waals surface area contributed by atoms with Gasteiger partial charge in [0.05, 0.1) is 18.2 Å². The van der Waals surface area contributed by atoms with Gasteiger partial charge in [-0.05, 0) is 42.2 Å². The molecule has 0 spiro atoms. The lowest BCUT2D eigenvalue weighted by Gasteiger charge is -2.44. The minimum atomic E-state index is -1.49. The molecular weight excluding hydrogens is 572 g/mol. The van der Waals surface area contributed by atoms with Crippen LogP contribution in [-0.2, 0) is 55.7 Å². The number of ether oxygens (including phenoxy) is 7. The SMILES string of the molecule is CCOc1ccc(Cc2cc([C@@H]3OC(OC(C)=O)[C@@H](OC(C)=O)[C@H](OC(C)=O)[C@H]3OC(C)=O)c3c(c2Cl)OCC3)cc1. The molecule has 226 valence electrons. The third kappa shape index (κ3) is 7.14. The van der Waals surface area contributed by atoms with E-state index in [0.717, 1.165) is 32.1 Å². The van der Waals surface area contributed by atoms with Crippen LogP contribution in [0.3, 0.4) is 0 Å². The van der Waals surface area contributed by atoms with E-state index < -0.39 is 54.6 Å². The molecule has 0 aliphatic carbocycles. The Morgan fingerprint density at radius 1 is 0.857 bits per heavy atom. The Hall–Kier alpha value is -3.83. The normalized spacial score (nSPS) is 22.8. The summed E-state index contributed by atoms with van der Waals surface area (Å²) in [5, 5.41) is 0.422. The summed E-state index contributed by atoms with van der Waals surface area (Å²) in [6, 6.07) is 9.38. The molecule has 5 atom stereocenters. The number of carbonyl (C=O) groups is 4. The van der Waals surface area contributed by atoms with Gasteiger partial charge in [-0.1, -0.05) is 29.8 Å². The van der Waals surface area contributed by atoms with Crippen LogP contribution in [0.25, 0.3) is 0 Å². The van der Waals surface area contributed by atoms with Crippen molar-refractivity contribution in [1.82, 2.24) is 0 Å². The molecule has 4 rings (SSSR count). The van der Waals surface area contributed by atoms with Crippen LogP contribution < -0.4 is 9.47 Å². The highest BCUT2D eigenvalue weighted by Gasteiger charge is 2.54. The Kier molecular flexibility index (Phi) is 9.95. The van der Waals surface area contributed by atoms with E-state index in [-0.39, 0.29) is 0 Å². The van der Waals surface area contributed by atoms with Gasteiger partial charge in [-0.3, -0.25) is 19.2 Å². The Labute approximate surface area is 248 Å². The van der Waals surface area contributed by atoms with E-state index >= 15 is 0 Å². The fourth-order valence-corrected chi connectivity index (χ4v) is 5.46. The molecule has 11 nitrogen and oxygen atoms in total. The summed E-state index contributed by atoms with van der Waals surface area (Å²) in [5.41, 5.74) is 2.87. The number of fused-ring (bicyclic) bond motifs is 1. The predicted octanol–water partition coefficient (Wildman–Crippen LogP) is 4.02. The minimum absolute atomic E-state index is 0.344. The van der Waals surface area contributed by atoms with E-state index in [0.29, 0.717) is 53.5 Å². The van der Waals surface area contributed by atoms with Gasteiger partial charge in [-0.25, -0.2) is 0 Å². The van der Waals surface area contributed by atoms with Crippen LogP contribution in [0.15, 0.2) is 30.3 Å². The summed E-state index contributed by atoms with van der Waals surface area (Å²) in [4.78, 5) is 48.6. The summed E-state index contributed by atoms with van der Waals surface area (Å²) >= 11 is 6.82. The lowest BCUT2D eigenvalue weighted by Crippen LogP contribution is -2.59. The van der Waals surface area contributed by atoms with Crippen molar-refractivity contribution in [1.29, 1.82) is 0 Å². The molecule has 2 aliphatic heterocycles. The zero-order chi connectivity index (χ0) is 30.6. The van der Waals surface area contributed by atoms with Crippen LogP contribution >= 0.6 is 11.6 Å². The topological polar surface area (TPSA) is 133 Å². The molecule has 42 heavy (non-hydrogen) atoms. The predicted molar refractivity (Wildman–Crippen MR) is 147 cm³/mol. The molecule has 1 unspecified atom stereocenters. The van der Waals surface area contributed by atoms with Gasteiger partial charge in [0.25, 0.3) is 0 Å². The summed E-state index contributed by atoms with van der Waals surface area (Å²) in [6.45, 7) is 7.43. The third-order valence-electron chi connectivity index (χ3n) is 6.65. The van der Waals surface area contributed by atoms with Gasteiger partial charge in [0, 0.05) is 39.7 Å². The first kappa shape index (κ1) is 31.1. The Bertz CT molecular complexity index is 1340. The lowest BCUT2D eigenvalue weighted by atomic mass is 9.87. The maximum Gasteiger partial charge on any atom is 0.305 e. The molecule has 1 fully saturated rings. The number of benzene rings is 2. The highest BCUT2D eigenvalue weighted by molar-refractivity contribution is 6.33. The highest BCUT2D eigenvalue weighted by Crippen LogP contribution is 2.46. The summed E-state index contributed by atoms with van der Waals surface area (Å²) in [7, 11) is 0. The van der Waals surface area contributed by atoms with Crippen LogP contribution in [0.4, 0.5) is 0 Å². The van der Waals surface area contributed by atoms with Gasteiger partial charge in [0.2, 0.25) is 12.4 Å². The zero-order valence-electron chi connectivity index (χ0n) is 24.0. The van der Waals surface area contributed by atoms with Crippen molar-refractivity contribution in [3.05, 3.63) is 57.6 Å². The summed E-state index contributed by atoms with van der Waals surface area (Å²) in [6.07, 6.45) is -5.82. The molecule has 0 amide bonds. The van der Waals surface area contributed by atoms with Crippen molar-refractivity contribution < 1.29 is 52.3 Å². The van der Waals surface area contributed by atoms with Crippen LogP contribution in [0.5, 0.6) is 11.5 Å². The Morgan fingerprint density at radius 3 is 2.05 bits per heavy atom. The molecule has 0 aromatic heterocycles. The summed E-state index contributed by atoms with van der Waals surface area (Å²) in [5.74, 6) is -1.73. The average Bonchev–Trinajstić information content (AvgIpc) is 3.40. The molecule has 0 radical (unpaired) electrons. The molecule has 12 heteroatoms. The first-order valence-electron chi connectivity index (χ1n) is 13.5. The quantitative estimate of drug-likeness (QED) is 0.303. The van der Waals surface area contributed by atoms with E-state index in [1.165, 1.54) is 6.92 Å². The van der Waals surface area contributed by atoms with E-state index in [1.807, 2.05) is 37.3 Å². The van der Waals surface area contributed by atoms with Gasteiger partial charge >= 0.3 is 23.9 Å². The zero-order valence-corrected chi connectivity index (χ0v) is 24.7. The van der Waals surface area contributed by atoms with Crippen molar-refractivity contribution in [2.75, 3.05) is 13.2 Å². The van der Waals surface area contributed by atoms with Crippen LogP contribution in [-0.4, -0.2) is 61.7 Å². The summed E-state index contributed by atoms with van der Waals surface area (Å²) < 4.78 is 39.7. The molecule has 0 bridgehead atoms. The standard InChI is InChI=1S/C30H33ClO11/c1-6-36-21-9-7-19(8-10-21)13-20-14-23(22-11-12-37-25(22)24(20)31)26-27(38-15(2)32)28(39-16(3)33)29(40-17(4)34)30(42-26)41-18(5)35/h7-10,14,26-30H,6,11-13H2,1-5H3/t26-,27-,28+,29-,30?/m0/s1. The van der Waals surface area contributed by atoms with E-state index in [4.69, 9.17) is 44.8 Å². The lowest BCUT2D eigenvalue weighted by molar-refractivity contribution is -0.298. The van der Waals surface area contributed by atoms with Crippen LogP contribution in [0.1, 0.15) is 63.0 Å². The smallest absolute Gasteiger partial charge is 0.305 e. The molecular formula is C30H33ClO11. The molecule has 0 N–H and O–H groups in total. The second-order valence-electron chi connectivity index (χ2n) is 9.86. The van der Waals surface area contributed by atoms with Crippen LogP contribution in [0.2, 0.25) is 5.02 Å². The van der Waals surface area contributed by atoms with Crippen molar-refractivity contribution in [2.45, 2.75) is 78.2 Å². The second kappa shape index (κ2) is 13.4. The first-order valence-corrected chi connectivity index (χ1v) is 13.9. The highest BCUT2D eigenvalue weighted by atomic mass is 35.5. The van der Waals surface area contributed by atoms with Gasteiger partial charge in [0.1, 0.15) is 17.6 Å². The van der Waals surface area contributed by atoms with Crippen molar-refractivity contribution in [2.24, 2.45) is 0 Å². The number of esters is 4. The molecule has 2 aliphatic rings. The first-order chi connectivity index (χ1) is 20.0. The third-order valence-corrected chi connectivity index (χ3v) is 7.07. The van der Waals surface area contributed by atoms with E-state index in [1.54, 1.807) is 0 Å². The molecule has 1 saturated heterocycles.